The maximum atomic E-state index is 12.7. The smallest absolute Gasteiger partial charge is 0.250 e. The van der Waals surface area contributed by atoms with Crippen molar-refractivity contribution < 1.29 is 23.7 Å². The summed E-state index contributed by atoms with van der Waals surface area (Å²) in [7, 11) is -2.08. The first-order chi connectivity index (χ1) is 16.5. The average Bonchev–Trinajstić information content (AvgIpc) is 3.42. The molecule has 6 nitrogen and oxygen atoms in total. The number of likely N-dealkylation sites (tertiary alicyclic amines) is 1. The Bertz CT molecular complexity index is 1030. The first kappa shape index (κ1) is 24.0. The number of aliphatic hydroxyl groups is 1. The molecule has 1 aromatic carbocycles. The van der Waals surface area contributed by atoms with Crippen molar-refractivity contribution in [2.45, 2.75) is 94.0 Å². The van der Waals surface area contributed by atoms with Crippen LogP contribution in [0.5, 0.6) is 11.5 Å². The summed E-state index contributed by atoms with van der Waals surface area (Å²) in [5.41, 5.74) is 1.17. The van der Waals surface area contributed by atoms with E-state index in [2.05, 4.69) is 57.5 Å². The van der Waals surface area contributed by atoms with E-state index in [4.69, 9.17) is 18.6 Å². The fourth-order valence-corrected chi connectivity index (χ4v) is 8.47. The molecule has 5 atom stereocenters. The molecular formula is C28H41NO5Si. The summed E-state index contributed by atoms with van der Waals surface area (Å²) in [4.78, 5) is 2.43. The minimum atomic E-state index is -2.08. The highest BCUT2D eigenvalue weighted by molar-refractivity contribution is 6.74. The molecule has 2 bridgehead atoms. The van der Waals surface area contributed by atoms with Crippen LogP contribution in [0.4, 0.5) is 0 Å². The van der Waals surface area contributed by atoms with Crippen LogP contribution in [0.3, 0.4) is 0 Å². The molecule has 1 saturated carbocycles. The van der Waals surface area contributed by atoms with Crippen LogP contribution in [0.15, 0.2) is 24.8 Å². The van der Waals surface area contributed by atoms with Gasteiger partial charge >= 0.3 is 0 Å². The maximum absolute atomic E-state index is 12.7. The van der Waals surface area contributed by atoms with Crippen LogP contribution in [0, 0.1) is 5.92 Å². The number of hydrogen-bond acceptors (Lipinski definition) is 6. The Kier molecular flexibility index (Phi) is 5.35. The fraction of sp³-hybridized carbons (Fsp3) is 0.714. The van der Waals surface area contributed by atoms with Crippen LogP contribution in [-0.4, -0.2) is 68.7 Å². The molecule has 7 heteroatoms. The Balaban J connectivity index is 1.51. The molecule has 2 aliphatic carbocycles. The molecule has 1 spiro atoms. The van der Waals surface area contributed by atoms with Crippen molar-refractivity contribution in [1.29, 1.82) is 0 Å². The zero-order valence-corrected chi connectivity index (χ0v) is 22.9. The van der Waals surface area contributed by atoms with E-state index < -0.39 is 19.3 Å². The van der Waals surface area contributed by atoms with Gasteiger partial charge in [-0.2, -0.15) is 0 Å². The highest BCUT2D eigenvalue weighted by atomic mass is 28.4. The van der Waals surface area contributed by atoms with Crippen LogP contribution in [0.2, 0.25) is 18.1 Å². The average molecular weight is 500 g/mol. The van der Waals surface area contributed by atoms with Gasteiger partial charge < -0.3 is 23.7 Å². The standard InChI is InChI=1S/C28H41NO5Si/c1-7-13-29-14-12-27-22-18-8-9-20(34-35(5,6)26(2,3)4)23(22)33-24(27)19(25-31-15-16-32-25)10-11-28(27,30)21(29)17-18/h7-9,19,21,24-25,30H,1,10-17H2,2-6H3/t19?,21-,24+,27+,28?/m1/s1. The van der Waals surface area contributed by atoms with Crippen LogP contribution in [0.25, 0.3) is 0 Å². The third kappa shape index (κ3) is 3.14. The maximum Gasteiger partial charge on any atom is 0.250 e. The minimum absolute atomic E-state index is 0.0531. The lowest BCUT2D eigenvalue weighted by molar-refractivity contribution is -0.222. The topological polar surface area (TPSA) is 60.4 Å². The van der Waals surface area contributed by atoms with E-state index in [1.165, 1.54) is 11.1 Å². The van der Waals surface area contributed by atoms with Crippen molar-refractivity contribution in [3.05, 3.63) is 35.9 Å². The zero-order valence-electron chi connectivity index (χ0n) is 21.9. The number of piperidine rings is 1. The lowest BCUT2D eigenvalue weighted by Gasteiger charge is -2.64. The summed E-state index contributed by atoms with van der Waals surface area (Å²) < 4.78 is 25.9. The van der Waals surface area contributed by atoms with E-state index in [0.29, 0.717) is 13.2 Å². The lowest BCUT2D eigenvalue weighted by Crippen LogP contribution is -2.76. The SMILES string of the molecule is C=CCN1CC[C@]23c4c5ccc(O[Si](C)(C)C(C)(C)C)c4O[C@H]2C(C2OCCO2)CCC3(O)[C@H]1C5. The van der Waals surface area contributed by atoms with Crippen molar-refractivity contribution in [3.63, 3.8) is 0 Å². The number of nitrogens with zero attached hydrogens (tertiary/aromatic N) is 1. The van der Waals surface area contributed by atoms with Gasteiger partial charge in [0, 0.05) is 24.1 Å². The van der Waals surface area contributed by atoms with Crippen molar-refractivity contribution in [2.24, 2.45) is 5.92 Å². The Labute approximate surface area is 210 Å². The van der Waals surface area contributed by atoms with E-state index in [1.54, 1.807) is 0 Å². The van der Waals surface area contributed by atoms with Crippen LogP contribution < -0.4 is 9.16 Å². The van der Waals surface area contributed by atoms with Crippen LogP contribution in [0.1, 0.15) is 51.2 Å². The number of ether oxygens (including phenoxy) is 3. The van der Waals surface area contributed by atoms with Gasteiger partial charge in [0.15, 0.2) is 12.0 Å². The second kappa shape index (κ2) is 7.81. The third-order valence-corrected chi connectivity index (χ3v) is 14.5. The number of benzene rings is 1. The van der Waals surface area contributed by atoms with Crippen molar-refractivity contribution in [2.75, 3.05) is 26.3 Å². The largest absolute Gasteiger partial charge is 0.541 e. The predicted molar refractivity (Wildman–Crippen MR) is 138 cm³/mol. The van der Waals surface area contributed by atoms with E-state index in [9.17, 15) is 5.11 Å². The van der Waals surface area contributed by atoms with Gasteiger partial charge in [-0.3, -0.25) is 4.90 Å². The zero-order chi connectivity index (χ0) is 24.8. The molecule has 5 aliphatic rings. The van der Waals surface area contributed by atoms with Gasteiger partial charge in [-0.1, -0.05) is 32.9 Å². The molecule has 3 aliphatic heterocycles. The highest BCUT2D eigenvalue weighted by Crippen LogP contribution is 2.67. The predicted octanol–water partition coefficient (Wildman–Crippen LogP) is 4.40. The molecule has 0 radical (unpaired) electrons. The fourth-order valence-electron chi connectivity index (χ4n) is 7.45. The molecule has 6 rings (SSSR count). The molecule has 0 amide bonds. The van der Waals surface area contributed by atoms with Gasteiger partial charge in [0.25, 0.3) is 8.32 Å². The van der Waals surface area contributed by atoms with Gasteiger partial charge in [0.2, 0.25) is 0 Å². The Morgan fingerprint density at radius 1 is 1.23 bits per heavy atom. The summed E-state index contributed by atoms with van der Waals surface area (Å²) in [5.74, 6) is 1.81. The van der Waals surface area contributed by atoms with Gasteiger partial charge in [0.1, 0.15) is 11.9 Å². The Hall–Kier alpha value is -1.38. The molecule has 3 heterocycles. The van der Waals surface area contributed by atoms with E-state index >= 15 is 0 Å². The minimum Gasteiger partial charge on any atom is -0.541 e. The van der Waals surface area contributed by atoms with Crippen molar-refractivity contribution in [3.8, 4) is 11.5 Å². The third-order valence-electron chi connectivity index (χ3n) is 10.1. The number of hydrogen-bond donors (Lipinski definition) is 1. The number of rotatable bonds is 5. The molecule has 0 aromatic heterocycles. The molecule has 1 N–H and O–H groups in total. The van der Waals surface area contributed by atoms with Gasteiger partial charge in [-0.05, 0) is 62.0 Å². The van der Waals surface area contributed by atoms with Gasteiger partial charge in [-0.25, -0.2) is 0 Å². The summed E-state index contributed by atoms with van der Waals surface area (Å²) in [5, 5.41) is 12.7. The Morgan fingerprint density at radius 3 is 2.66 bits per heavy atom. The van der Waals surface area contributed by atoms with Gasteiger partial charge in [-0.15, -0.1) is 6.58 Å². The van der Waals surface area contributed by atoms with E-state index in [-0.39, 0.29) is 29.4 Å². The molecule has 1 aromatic rings. The first-order valence-corrected chi connectivity index (χ1v) is 16.3. The summed E-state index contributed by atoms with van der Waals surface area (Å²) in [6.07, 6.45) is 4.74. The quantitative estimate of drug-likeness (QED) is 0.479. The van der Waals surface area contributed by atoms with Crippen molar-refractivity contribution in [1.82, 2.24) is 4.90 Å². The molecule has 35 heavy (non-hydrogen) atoms. The monoisotopic (exact) mass is 499 g/mol. The van der Waals surface area contributed by atoms with Gasteiger partial charge in [0.05, 0.1) is 24.2 Å². The molecule has 2 saturated heterocycles. The first-order valence-electron chi connectivity index (χ1n) is 13.4. The highest BCUT2D eigenvalue weighted by Gasteiger charge is 2.73. The normalized spacial score (nSPS) is 36.6. The van der Waals surface area contributed by atoms with E-state index in [0.717, 1.165) is 50.3 Å². The van der Waals surface area contributed by atoms with Crippen LogP contribution >= 0.6 is 0 Å². The summed E-state index contributed by atoms with van der Waals surface area (Å²) >= 11 is 0. The van der Waals surface area contributed by atoms with Crippen molar-refractivity contribution >= 4 is 8.32 Å². The molecule has 2 unspecified atom stereocenters. The second-order valence-electron chi connectivity index (χ2n) is 12.8. The van der Waals surface area contributed by atoms with Crippen LogP contribution in [-0.2, 0) is 21.3 Å². The summed E-state index contributed by atoms with van der Waals surface area (Å²) in [6, 6.07) is 4.42. The van der Waals surface area contributed by atoms with E-state index in [1.807, 2.05) is 6.08 Å². The summed E-state index contributed by atoms with van der Waals surface area (Å²) in [6.45, 7) is 18.3. The second-order valence-corrected chi connectivity index (χ2v) is 17.5. The Morgan fingerprint density at radius 2 is 1.97 bits per heavy atom. The molecule has 3 fully saturated rings. The molecule has 192 valence electrons. The molecular weight excluding hydrogens is 458 g/mol. The lowest BCUT2D eigenvalue weighted by atomic mass is 9.47.